The van der Waals surface area contributed by atoms with Crippen molar-refractivity contribution in [2.24, 2.45) is 11.8 Å². The lowest BCUT2D eigenvalue weighted by Crippen LogP contribution is -2.43. The fourth-order valence-corrected chi connectivity index (χ4v) is 2.65. The molecular weight excluding hydrogens is 230 g/mol. The largest absolute Gasteiger partial charge is 0.381 e. The van der Waals surface area contributed by atoms with Crippen molar-refractivity contribution in [1.29, 1.82) is 0 Å². The molecule has 0 N–H and O–H groups in total. The monoisotopic (exact) mass is 255 g/mol. The molecule has 2 aliphatic heterocycles. The molecule has 0 aromatic rings. The third-order valence-corrected chi connectivity index (χ3v) is 3.87. The highest BCUT2D eigenvalue weighted by Crippen LogP contribution is 2.20. The molecule has 2 aliphatic rings. The fourth-order valence-electron chi connectivity index (χ4n) is 2.65. The molecule has 0 saturated carbocycles. The van der Waals surface area contributed by atoms with Gasteiger partial charge in [-0.3, -0.25) is 4.79 Å². The second-order valence-electron chi connectivity index (χ2n) is 5.71. The minimum absolute atomic E-state index is 0.0738. The van der Waals surface area contributed by atoms with E-state index in [1.165, 1.54) is 0 Å². The van der Waals surface area contributed by atoms with E-state index in [2.05, 4.69) is 13.8 Å². The first-order chi connectivity index (χ1) is 8.68. The van der Waals surface area contributed by atoms with E-state index < -0.39 is 0 Å². The Morgan fingerprint density at radius 3 is 2.78 bits per heavy atom. The Bertz CT molecular complexity index is 274. The van der Waals surface area contributed by atoms with Gasteiger partial charge < -0.3 is 14.4 Å². The zero-order valence-electron chi connectivity index (χ0n) is 11.6. The van der Waals surface area contributed by atoms with Crippen molar-refractivity contribution in [3.05, 3.63) is 0 Å². The van der Waals surface area contributed by atoms with Crippen molar-refractivity contribution >= 4 is 5.91 Å². The maximum atomic E-state index is 12.5. The molecule has 2 saturated heterocycles. The molecule has 0 aromatic carbocycles. The van der Waals surface area contributed by atoms with Crippen molar-refractivity contribution in [3.63, 3.8) is 0 Å². The van der Waals surface area contributed by atoms with Gasteiger partial charge in [-0.1, -0.05) is 13.8 Å². The molecule has 2 atom stereocenters. The number of rotatable bonds is 2. The molecule has 2 unspecified atom stereocenters. The summed E-state index contributed by atoms with van der Waals surface area (Å²) in [5.74, 6) is 0.802. The van der Waals surface area contributed by atoms with E-state index in [1.54, 1.807) is 0 Å². The van der Waals surface area contributed by atoms with Crippen molar-refractivity contribution in [2.45, 2.75) is 39.2 Å². The lowest BCUT2D eigenvalue weighted by atomic mass is 9.99. The van der Waals surface area contributed by atoms with E-state index in [1.807, 2.05) is 4.90 Å². The molecule has 0 spiro atoms. The van der Waals surface area contributed by atoms with Gasteiger partial charge in [0.1, 0.15) is 0 Å². The Kier molecular flexibility index (Phi) is 5.01. The van der Waals surface area contributed by atoms with Gasteiger partial charge in [0.05, 0.1) is 18.6 Å². The van der Waals surface area contributed by atoms with Gasteiger partial charge in [0.2, 0.25) is 5.91 Å². The van der Waals surface area contributed by atoms with Crippen LogP contribution in [-0.2, 0) is 14.3 Å². The Balaban J connectivity index is 1.94. The molecule has 0 aromatic heterocycles. The van der Waals surface area contributed by atoms with Crippen LogP contribution in [0.15, 0.2) is 0 Å². The normalized spacial score (nSPS) is 30.3. The molecule has 0 aliphatic carbocycles. The Hall–Kier alpha value is -0.610. The summed E-state index contributed by atoms with van der Waals surface area (Å²) in [4.78, 5) is 14.5. The van der Waals surface area contributed by atoms with Gasteiger partial charge in [-0.15, -0.1) is 0 Å². The van der Waals surface area contributed by atoms with Crippen LogP contribution in [0.1, 0.15) is 33.1 Å². The number of hydrogen-bond acceptors (Lipinski definition) is 3. The minimum Gasteiger partial charge on any atom is -0.381 e. The lowest BCUT2D eigenvalue weighted by Gasteiger charge is -2.30. The second kappa shape index (κ2) is 6.53. The molecule has 2 heterocycles. The first kappa shape index (κ1) is 13.8. The maximum Gasteiger partial charge on any atom is 0.228 e. The highest BCUT2D eigenvalue weighted by atomic mass is 16.5. The summed E-state index contributed by atoms with van der Waals surface area (Å²) in [6.07, 6.45) is 3.11. The summed E-state index contributed by atoms with van der Waals surface area (Å²) < 4.78 is 11.2. The molecule has 1 amide bonds. The van der Waals surface area contributed by atoms with Crippen LogP contribution in [0.2, 0.25) is 0 Å². The van der Waals surface area contributed by atoms with Gasteiger partial charge in [0, 0.05) is 26.3 Å². The van der Waals surface area contributed by atoms with Crippen LogP contribution in [0.5, 0.6) is 0 Å². The molecule has 104 valence electrons. The number of carbonyl (C=O) groups is 1. The molecule has 0 bridgehead atoms. The van der Waals surface area contributed by atoms with Gasteiger partial charge in [0.25, 0.3) is 0 Å². The molecule has 4 heteroatoms. The van der Waals surface area contributed by atoms with E-state index in [-0.39, 0.29) is 17.9 Å². The summed E-state index contributed by atoms with van der Waals surface area (Å²) in [6.45, 7) is 8.06. The van der Waals surface area contributed by atoms with E-state index in [9.17, 15) is 4.79 Å². The van der Waals surface area contributed by atoms with Crippen molar-refractivity contribution < 1.29 is 14.3 Å². The maximum absolute atomic E-state index is 12.5. The van der Waals surface area contributed by atoms with Crippen LogP contribution in [0.25, 0.3) is 0 Å². The second-order valence-corrected chi connectivity index (χ2v) is 5.71. The third kappa shape index (κ3) is 3.45. The highest BCUT2D eigenvalue weighted by molar-refractivity contribution is 5.79. The van der Waals surface area contributed by atoms with Gasteiger partial charge in [-0.05, 0) is 25.2 Å². The van der Waals surface area contributed by atoms with E-state index in [0.717, 1.165) is 45.6 Å². The molecule has 2 fully saturated rings. The first-order valence-corrected chi connectivity index (χ1v) is 7.16. The van der Waals surface area contributed by atoms with Gasteiger partial charge in [-0.2, -0.15) is 0 Å². The Labute approximate surface area is 110 Å². The summed E-state index contributed by atoms with van der Waals surface area (Å²) in [7, 11) is 0. The predicted octanol–water partition coefficient (Wildman–Crippen LogP) is 1.69. The van der Waals surface area contributed by atoms with Crippen LogP contribution in [0.4, 0.5) is 0 Å². The lowest BCUT2D eigenvalue weighted by molar-refractivity contribution is -0.140. The SMILES string of the molecule is CC(C)C1CN(C(=O)C2CCCOC2)CCCO1. The van der Waals surface area contributed by atoms with E-state index >= 15 is 0 Å². The molecule has 4 nitrogen and oxygen atoms in total. The van der Waals surface area contributed by atoms with E-state index in [0.29, 0.717) is 12.5 Å². The summed E-state index contributed by atoms with van der Waals surface area (Å²) >= 11 is 0. The van der Waals surface area contributed by atoms with Crippen molar-refractivity contribution in [2.75, 3.05) is 32.9 Å². The zero-order chi connectivity index (χ0) is 13.0. The summed E-state index contributed by atoms with van der Waals surface area (Å²) in [5.41, 5.74) is 0. The summed E-state index contributed by atoms with van der Waals surface area (Å²) in [6, 6.07) is 0. The number of nitrogens with zero attached hydrogens (tertiary/aromatic N) is 1. The fraction of sp³-hybridized carbons (Fsp3) is 0.929. The smallest absolute Gasteiger partial charge is 0.228 e. The Morgan fingerprint density at radius 2 is 2.11 bits per heavy atom. The van der Waals surface area contributed by atoms with E-state index in [4.69, 9.17) is 9.47 Å². The topological polar surface area (TPSA) is 38.8 Å². The number of ether oxygens (including phenoxy) is 2. The number of carbonyl (C=O) groups excluding carboxylic acids is 1. The molecular formula is C14H25NO3. The van der Waals surface area contributed by atoms with Crippen molar-refractivity contribution in [1.82, 2.24) is 4.90 Å². The number of hydrogen-bond donors (Lipinski definition) is 0. The standard InChI is InChI=1S/C14H25NO3/c1-11(2)13-9-15(6-4-8-18-13)14(16)12-5-3-7-17-10-12/h11-13H,3-10H2,1-2H3. The average molecular weight is 255 g/mol. The molecule has 18 heavy (non-hydrogen) atoms. The van der Waals surface area contributed by atoms with Crippen LogP contribution < -0.4 is 0 Å². The van der Waals surface area contributed by atoms with Gasteiger partial charge in [-0.25, -0.2) is 0 Å². The van der Waals surface area contributed by atoms with Crippen LogP contribution >= 0.6 is 0 Å². The zero-order valence-corrected chi connectivity index (χ0v) is 11.6. The number of amides is 1. The minimum atomic E-state index is 0.0738. The third-order valence-electron chi connectivity index (χ3n) is 3.87. The van der Waals surface area contributed by atoms with Crippen LogP contribution in [0, 0.1) is 11.8 Å². The van der Waals surface area contributed by atoms with Crippen LogP contribution in [0.3, 0.4) is 0 Å². The van der Waals surface area contributed by atoms with Crippen molar-refractivity contribution in [3.8, 4) is 0 Å². The summed E-state index contributed by atoms with van der Waals surface area (Å²) in [5, 5.41) is 0. The van der Waals surface area contributed by atoms with Gasteiger partial charge in [0.15, 0.2) is 0 Å². The predicted molar refractivity (Wildman–Crippen MR) is 69.3 cm³/mol. The van der Waals surface area contributed by atoms with Crippen LogP contribution in [-0.4, -0.2) is 49.8 Å². The molecule has 0 radical (unpaired) electrons. The highest BCUT2D eigenvalue weighted by Gasteiger charge is 2.30. The molecule has 2 rings (SSSR count). The first-order valence-electron chi connectivity index (χ1n) is 7.16. The van der Waals surface area contributed by atoms with Gasteiger partial charge >= 0.3 is 0 Å². The quantitative estimate of drug-likeness (QED) is 0.753. The average Bonchev–Trinajstić information content (AvgIpc) is 2.65. The Morgan fingerprint density at radius 1 is 1.28 bits per heavy atom.